The average molecular weight is 248 g/mol. The molecule has 0 aromatic carbocycles. The van der Waals surface area contributed by atoms with Crippen LogP contribution < -0.4 is 5.32 Å². The summed E-state index contributed by atoms with van der Waals surface area (Å²) in [5, 5.41) is 3.17. The van der Waals surface area contributed by atoms with Gasteiger partial charge in [0.15, 0.2) is 0 Å². The van der Waals surface area contributed by atoms with Crippen molar-refractivity contribution in [2.45, 2.75) is 24.8 Å². The van der Waals surface area contributed by atoms with Gasteiger partial charge >= 0.3 is 0 Å². The standard InChI is InChI=1S/C11H28N2O2Si/c1-12-7-5-8-13(2)9-6-10-16-11(14-3)15-4/h11-12H,5-10,16H2,1-4H3. The Kier molecular flexibility index (Phi) is 11.6. The number of ether oxygens (including phenoxy) is 2. The Bertz CT molecular complexity index is 146. The number of nitrogens with one attached hydrogen (secondary N) is 1. The molecule has 0 unspecified atom stereocenters. The molecule has 0 aromatic rings. The van der Waals surface area contributed by atoms with Gasteiger partial charge in [-0.05, 0) is 46.6 Å². The van der Waals surface area contributed by atoms with Crippen LogP contribution >= 0.6 is 0 Å². The first kappa shape index (κ1) is 16.1. The van der Waals surface area contributed by atoms with Crippen molar-refractivity contribution >= 4 is 9.52 Å². The molecule has 0 heterocycles. The molecule has 0 fully saturated rings. The van der Waals surface area contributed by atoms with Gasteiger partial charge in [-0.25, -0.2) is 0 Å². The van der Waals surface area contributed by atoms with Crippen molar-refractivity contribution in [3.8, 4) is 0 Å². The molecule has 0 amide bonds. The predicted octanol–water partition coefficient (Wildman–Crippen LogP) is 0.0813. The largest absolute Gasteiger partial charge is 0.360 e. The second kappa shape index (κ2) is 11.5. The maximum absolute atomic E-state index is 5.20. The molecule has 0 bridgehead atoms. The second-order valence-electron chi connectivity index (χ2n) is 4.16. The highest BCUT2D eigenvalue weighted by Gasteiger charge is 2.05. The summed E-state index contributed by atoms with van der Waals surface area (Å²) < 4.78 is 10.4. The van der Waals surface area contributed by atoms with E-state index in [-0.39, 0.29) is 15.4 Å². The van der Waals surface area contributed by atoms with E-state index in [0.29, 0.717) is 0 Å². The summed E-state index contributed by atoms with van der Waals surface area (Å²) >= 11 is 0. The molecule has 0 aliphatic heterocycles. The van der Waals surface area contributed by atoms with Crippen LogP contribution in [0.3, 0.4) is 0 Å². The first-order chi connectivity index (χ1) is 7.74. The summed E-state index contributed by atoms with van der Waals surface area (Å²) in [4.78, 5) is 2.40. The number of hydrogen-bond acceptors (Lipinski definition) is 4. The van der Waals surface area contributed by atoms with Crippen molar-refractivity contribution in [1.82, 2.24) is 10.2 Å². The first-order valence-electron chi connectivity index (χ1n) is 6.13. The zero-order chi connectivity index (χ0) is 12.2. The van der Waals surface area contributed by atoms with E-state index in [2.05, 4.69) is 17.3 Å². The number of nitrogens with zero attached hydrogens (tertiary/aromatic N) is 1. The molecule has 0 spiro atoms. The zero-order valence-corrected chi connectivity index (χ0v) is 12.7. The van der Waals surface area contributed by atoms with Gasteiger partial charge in [-0.3, -0.25) is 0 Å². The smallest absolute Gasteiger partial charge is 0.134 e. The summed E-state index contributed by atoms with van der Waals surface area (Å²) in [6, 6.07) is 1.29. The molecule has 16 heavy (non-hydrogen) atoms. The Morgan fingerprint density at radius 1 is 1.19 bits per heavy atom. The molecule has 1 N–H and O–H groups in total. The molecular weight excluding hydrogens is 220 g/mol. The highest BCUT2D eigenvalue weighted by atomic mass is 28.2. The molecule has 0 atom stereocenters. The lowest BCUT2D eigenvalue weighted by Gasteiger charge is -2.17. The van der Waals surface area contributed by atoms with Crippen molar-refractivity contribution in [2.24, 2.45) is 0 Å². The van der Waals surface area contributed by atoms with Crippen LogP contribution in [0.1, 0.15) is 12.8 Å². The topological polar surface area (TPSA) is 33.7 Å². The van der Waals surface area contributed by atoms with Gasteiger partial charge in [0.05, 0.1) is 9.52 Å². The number of rotatable bonds is 11. The molecule has 5 heteroatoms. The summed E-state index contributed by atoms with van der Waals surface area (Å²) in [5.74, 6) is 0.106. The Morgan fingerprint density at radius 2 is 1.81 bits per heavy atom. The normalized spacial score (nSPS) is 12.4. The summed E-state index contributed by atoms with van der Waals surface area (Å²) in [5.41, 5.74) is 0. The van der Waals surface area contributed by atoms with Crippen LogP contribution in [0.2, 0.25) is 6.04 Å². The van der Waals surface area contributed by atoms with Gasteiger partial charge in [0, 0.05) is 14.2 Å². The quantitative estimate of drug-likeness (QED) is 0.319. The molecule has 0 radical (unpaired) electrons. The predicted molar refractivity (Wildman–Crippen MR) is 71.8 cm³/mol. The van der Waals surface area contributed by atoms with Gasteiger partial charge in [0.25, 0.3) is 0 Å². The van der Waals surface area contributed by atoms with Gasteiger partial charge in [-0.2, -0.15) is 0 Å². The third-order valence-corrected chi connectivity index (χ3v) is 4.77. The van der Waals surface area contributed by atoms with Gasteiger partial charge in [0.1, 0.15) is 5.91 Å². The van der Waals surface area contributed by atoms with Crippen molar-refractivity contribution in [3.05, 3.63) is 0 Å². The molecule has 0 aromatic heterocycles. The lowest BCUT2D eigenvalue weighted by molar-refractivity contribution is -0.0441. The Hall–Kier alpha value is 0.0569. The monoisotopic (exact) mass is 248 g/mol. The highest BCUT2D eigenvalue weighted by molar-refractivity contribution is 6.36. The van der Waals surface area contributed by atoms with Gasteiger partial charge in [-0.15, -0.1) is 0 Å². The van der Waals surface area contributed by atoms with E-state index >= 15 is 0 Å². The third kappa shape index (κ3) is 9.29. The van der Waals surface area contributed by atoms with Crippen LogP contribution in [0, 0.1) is 0 Å². The van der Waals surface area contributed by atoms with Gasteiger partial charge in [0.2, 0.25) is 0 Å². The van der Waals surface area contributed by atoms with Crippen molar-refractivity contribution < 1.29 is 9.47 Å². The molecule has 0 aliphatic rings. The van der Waals surface area contributed by atoms with E-state index in [1.54, 1.807) is 14.2 Å². The molecule has 4 nitrogen and oxygen atoms in total. The first-order valence-corrected chi connectivity index (χ1v) is 7.95. The lowest BCUT2D eigenvalue weighted by atomic mass is 10.3. The van der Waals surface area contributed by atoms with Crippen LogP contribution in [-0.2, 0) is 9.47 Å². The van der Waals surface area contributed by atoms with Crippen LogP contribution in [-0.4, -0.2) is 68.3 Å². The van der Waals surface area contributed by atoms with Crippen LogP contribution in [0.5, 0.6) is 0 Å². The highest BCUT2D eigenvalue weighted by Crippen LogP contribution is 1.98. The molecule has 0 saturated carbocycles. The Labute approximate surface area is 102 Å². The lowest BCUT2D eigenvalue weighted by Crippen LogP contribution is -2.25. The zero-order valence-electron chi connectivity index (χ0n) is 11.3. The number of hydrogen-bond donors (Lipinski definition) is 1. The Balaban J connectivity index is 3.29. The fourth-order valence-corrected chi connectivity index (χ4v) is 2.98. The fraction of sp³-hybridized carbons (Fsp3) is 1.00. The van der Waals surface area contributed by atoms with E-state index in [4.69, 9.17) is 9.47 Å². The van der Waals surface area contributed by atoms with E-state index in [1.807, 2.05) is 7.05 Å². The molecular formula is C11H28N2O2Si. The van der Waals surface area contributed by atoms with Crippen LogP contribution in [0.15, 0.2) is 0 Å². The number of methoxy groups -OCH3 is 2. The van der Waals surface area contributed by atoms with E-state index in [0.717, 1.165) is 6.54 Å². The van der Waals surface area contributed by atoms with E-state index < -0.39 is 0 Å². The average Bonchev–Trinajstić information content (AvgIpc) is 2.30. The van der Waals surface area contributed by atoms with Crippen molar-refractivity contribution in [1.29, 1.82) is 0 Å². The van der Waals surface area contributed by atoms with E-state index in [9.17, 15) is 0 Å². The summed E-state index contributed by atoms with van der Waals surface area (Å²) in [6.45, 7) is 3.48. The van der Waals surface area contributed by atoms with Crippen molar-refractivity contribution in [3.63, 3.8) is 0 Å². The SMILES string of the molecule is CNCCCN(C)CCC[SiH2]C(OC)OC. The van der Waals surface area contributed by atoms with Crippen molar-refractivity contribution in [2.75, 3.05) is 47.9 Å². The second-order valence-corrected chi connectivity index (χ2v) is 6.11. The maximum atomic E-state index is 5.20. The van der Waals surface area contributed by atoms with Gasteiger partial charge in [-0.1, -0.05) is 6.04 Å². The molecule has 0 saturated heterocycles. The fourth-order valence-electron chi connectivity index (χ4n) is 1.66. The van der Waals surface area contributed by atoms with Crippen LogP contribution in [0.25, 0.3) is 0 Å². The minimum Gasteiger partial charge on any atom is -0.360 e. The van der Waals surface area contributed by atoms with E-state index in [1.165, 1.54) is 32.0 Å². The van der Waals surface area contributed by atoms with Crippen LogP contribution in [0.4, 0.5) is 0 Å². The Morgan fingerprint density at radius 3 is 2.38 bits per heavy atom. The minimum absolute atomic E-state index is 0.106. The van der Waals surface area contributed by atoms with Gasteiger partial charge < -0.3 is 19.7 Å². The maximum Gasteiger partial charge on any atom is 0.134 e. The minimum atomic E-state index is -0.225. The molecule has 0 rings (SSSR count). The third-order valence-electron chi connectivity index (χ3n) is 2.72. The summed E-state index contributed by atoms with van der Waals surface area (Å²) in [7, 11) is 7.43. The molecule has 98 valence electrons. The molecule has 0 aliphatic carbocycles. The summed E-state index contributed by atoms with van der Waals surface area (Å²) in [6.07, 6.45) is 2.49.